The number of aromatic hydroxyl groups is 1. The third kappa shape index (κ3) is 11.6. The van der Waals surface area contributed by atoms with Crippen LogP contribution in [0.25, 0.3) is 11.1 Å². The van der Waals surface area contributed by atoms with E-state index >= 15 is 0 Å². The van der Waals surface area contributed by atoms with Gasteiger partial charge in [-0.3, -0.25) is 0 Å². The van der Waals surface area contributed by atoms with Crippen LogP contribution in [-0.2, 0) is 21.5 Å². The third-order valence-electron chi connectivity index (χ3n) is 7.73. The van der Waals surface area contributed by atoms with Crippen molar-refractivity contribution in [2.45, 2.75) is 86.1 Å². The maximum absolute atomic E-state index is 12.5. The Balaban J connectivity index is 0.00000600. The van der Waals surface area contributed by atoms with Crippen LogP contribution in [0.2, 0.25) is 0 Å². The first kappa shape index (κ1) is 39.1. The van der Waals surface area contributed by atoms with Crippen LogP contribution in [0.5, 0.6) is 11.5 Å². The van der Waals surface area contributed by atoms with Crippen LogP contribution >= 0.6 is 11.8 Å². The Hall–Kier alpha value is -2.34. The summed E-state index contributed by atoms with van der Waals surface area (Å²) in [6, 6.07) is 24.1. The van der Waals surface area contributed by atoms with Gasteiger partial charge in [0.2, 0.25) is 0 Å². The van der Waals surface area contributed by atoms with Crippen LogP contribution in [0.3, 0.4) is 0 Å². The van der Waals surface area contributed by atoms with E-state index in [0.717, 1.165) is 41.9 Å². The van der Waals surface area contributed by atoms with Crippen molar-refractivity contribution in [3.8, 4) is 22.6 Å². The maximum Gasteiger partial charge on any atom is 1.00 e. The first-order valence-corrected chi connectivity index (χ1v) is 18.2. The first-order chi connectivity index (χ1) is 22.2. The Kier molecular flexibility index (Phi) is 16.3. The number of benzene rings is 4. The minimum atomic E-state index is -4.80. The fraction of sp³-hybridized carbons (Fsp3) is 0.351. The number of ether oxygens (including phenoxy) is 2. The number of nitrogens with two attached hydrogens (primary N) is 1. The fourth-order valence-corrected chi connectivity index (χ4v) is 7.00. The molecule has 10 heteroatoms. The summed E-state index contributed by atoms with van der Waals surface area (Å²) in [6.45, 7) is 6.01. The SMILES string of the molecule is CCCCCCCOCc1ccc(O)c(C(N)c2ccccc2-c2ccc(Sc3ccc(OCCCC)cc3)c(S(=O)(=O)[O-])c2)c1.[Na+]. The Bertz CT molecular complexity index is 1660. The van der Waals surface area contributed by atoms with Crippen LogP contribution < -0.4 is 40.0 Å². The van der Waals surface area contributed by atoms with Crippen molar-refractivity contribution >= 4 is 21.9 Å². The molecule has 7 nitrogen and oxygen atoms in total. The van der Waals surface area contributed by atoms with E-state index < -0.39 is 16.2 Å². The van der Waals surface area contributed by atoms with E-state index in [-0.39, 0.29) is 40.2 Å². The normalized spacial score (nSPS) is 12.0. The number of hydrogen-bond acceptors (Lipinski definition) is 8. The molecule has 0 aliphatic heterocycles. The molecule has 0 radical (unpaired) electrons. The fourth-order valence-electron chi connectivity index (χ4n) is 5.16. The Labute approximate surface area is 306 Å². The van der Waals surface area contributed by atoms with E-state index in [1.807, 2.05) is 60.7 Å². The number of unbranched alkanes of at least 4 members (excludes halogenated alkanes) is 5. The molecule has 0 heterocycles. The van der Waals surface area contributed by atoms with Crippen LogP contribution in [0, 0.1) is 0 Å². The smallest absolute Gasteiger partial charge is 0.744 e. The third-order valence-corrected chi connectivity index (χ3v) is 9.82. The average molecular weight is 686 g/mol. The molecule has 0 aliphatic carbocycles. The van der Waals surface area contributed by atoms with Gasteiger partial charge in [-0.15, -0.1) is 0 Å². The van der Waals surface area contributed by atoms with Crippen molar-refractivity contribution < 1.29 is 57.1 Å². The molecule has 0 amide bonds. The van der Waals surface area contributed by atoms with E-state index in [4.69, 9.17) is 15.2 Å². The van der Waals surface area contributed by atoms with Gasteiger partial charge in [0.25, 0.3) is 0 Å². The molecule has 3 N–H and O–H groups in total. The first-order valence-electron chi connectivity index (χ1n) is 16.0. The zero-order valence-electron chi connectivity index (χ0n) is 27.6. The molecular weight excluding hydrogens is 642 g/mol. The second kappa shape index (κ2) is 19.6. The van der Waals surface area contributed by atoms with Gasteiger partial charge in [-0.05, 0) is 83.6 Å². The average Bonchev–Trinajstić information content (AvgIpc) is 3.05. The van der Waals surface area contributed by atoms with E-state index in [2.05, 4.69) is 13.8 Å². The molecule has 1 atom stereocenters. The molecule has 47 heavy (non-hydrogen) atoms. The van der Waals surface area contributed by atoms with Gasteiger partial charge in [-0.2, -0.15) is 0 Å². The second-order valence-corrected chi connectivity index (χ2v) is 13.8. The standard InChI is InChI=1S/C37H45NO6S2.Na/c1-3-5-7-8-11-22-43-26-27-14-20-34(39)33(24-27)37(38)32-13-10-9-12-31(32)28-15-21-35(36(25-28)46(40,41)42)45-30-18-16-29(17-19-30)44-23-6-4-2;/h9-10,12-21,24-25,37,39H,3-8,11,22-23,26,38H2,1-2H3,(H,40,41,42);/q;+1/p-1. The summed E-state index contributed by atoms with van der Waals surface area (Å²) < 4.78 is 49.0. The molecule has 4 aromatic carbocycles. The molecule has 0 bridgehead atoms. The number of phenols is 1. The molecule has 0 saturated heterocycles. The van der Waals surface area contributed by atoms with Crippen molar-refractivity contribution in [2.75, 3.05) is 13.2 Å². The van der Waals surface area contributed by atoms with Crippen molar-refractivity contribution in [2.24, 2.45) is 5.73 Å². The van der Waals surface area contributed by atoms with Gasteiger partial charge in [0.15, 0.2) is 0 Å². The number of rotatable bonds is 18. The van der Waals surface area contributed by atoms with Crippen LogP contribution in [0.4, 0.5) is 0 Å². The zero-order chi connectivity index (χ0) is 32.9. The van der Waals surface area contributed by atoms with Crippen molar-refractivity contribution in [1.82, 2.24) is 0 Å². The molecule has 1 unspecified atom stereocenters. The maximum atomic E-state index is 12.5. The van der Waals surface area contributed by atoms with Gasteiger partial charge < -0.3 is 24.9 Å². The summed E-state index contributed by atoms with van der Waals surface area (Å²) in [4.78, 5) is 0.799. The quantitative estimate of drug-likeness (QED) is 0.0763. The molecule has 0 spiro atoms. The molecule has 0 fully saturated rings. The van der Waals surface area contributed by atoms with E-state index in [1.54, 1.807) is 18.2 Å². The summed E-state index contributed by atoms with van der Waals surface area (Å²) in [7, 11) is -4.80. The number of phenolic OH excluding ortho intramolecular Hbond substituents is 1. The minimum Gasteiger partial charge on any atom is -0.744 e. The molecule has 0 saturated carbocycles. The minimum absolute atomic E-state index is 0. The van der Waals surface area contributed by atoms with Gasteiger partial charge in [0, 0.05) is 22.0 Å². The second-order valence-electron chi connectivity index (χ2n) is 11.3. The predicted octanol–water partition coefficient (Wildman–Crippen LogP) is 5.83. The molecule has 0 aliphatic rings. The predicted molar refractivity (Wildman–Crippen MR) is 183 cm³/mol. The Morgan fingerprint density at radius 1 is 0.830 bits per heavy atom. The Morgan fingerprint density at radius 3 is 2.28 bits per heavy atom. The summed E-state index contributed by atoms with van der Waals surface area (Å²) in [5, 5.41) is 10.8. The summed E-state index contributed by atoms with van der Waals surface area (Å²) in [6.07, 6.45) is 7.81. The summed E-state index contributed by atoms with van der Waals surface area (Å²) in [5.74, 6) is 0.793. The summed E-state index contributed by atoms with van der Waals surface area (Å²) in [5.41, 5.74) is 10.1. The molecular formula is C37H44NNaO6S2. The van der Waals surface area contributed by atoms with Gasteiger partial charge >= 0.3 is 29.6 Å². The van der Waals surface area contributed by atoms with Crippen LogP contribution in [0.15, 0.2) is 99.6 Å². The summed E-state index contributed by atoms with van der Waals surface area (Å²) >= 11 is 1.20. The van der Waals surface area contributed by atoms with Gasteiger partial charge in [-0.1, -0.05) is 94.1 Å². The number of hydrogen-bond donors (Lipinski definition) is 2. The monoisotopic (exact) mass is 685 g/mol. The molecule has 246 valence electrons. The molecule has 0 aromatic heterocycles. The zero-order valence-corrected chi connectivity index (χ0v) is 31.2. The van der Waals surface area contributed by atoms with Crippen LogP contribution in [-0.4, -0.2) is 31.3 Å². The van der Waals surface area contributed by atoms with Gasteiger partial charge in [0.1, 0.15) is 21.6 Å². The Morgan fingerprint density at radius 2 is 1.55 bits per heavy atom. The van der Waals surface area contributed by atoms with Crippen LogP contribution in [0.1, 0.15) is 81.5 Å². The van der Waals surface area contributed by atoms with Crippen molar-refractivity contribution in [3.63, 3.8) is 0 Å². The topological polar surface area (TPSA) is 122 Å². The molecule has 4 rings (SSSR count). The van der Waals surface area contributed by atoms with Gasteiger partial charge in [0.05, 0.1) is 24.2 Å². The van der Waals surface area contributed by atoms with E-state index in [9.17, 15) is 18.1 Å². The van der Waals surface area contributed by atoms with E-state index in [0.29, 0.717) is 47.0 Å². The van der Waals surface area contributed by atoms with Crippen molar-refractivity contribution in [3.05, 3.63) is 102 Å². The van der Waals surface area contributed by atoms with Gasteiger partial charge in [-0.25, -0.2) is 8.42 Å². The molecule has 4 aromatic rings. The largest absolute Gasteiger partial charge is 1.00 e. The van der Waals surface area contributed by atoms with E-state index in [1.165, 1.54) is 37.1 Å². The van der Waals surface area contributed by atoms with Crippen molar-refractivity contribution in [1.29, 1.82) is 0 Å².